The third kappa shape index (κ3) is 2.93. The van der Waals surface area contributed by atoms with Crippen molar-refractivity contribution < 1.29 is 5.11 Å². The van der Waals surface area contributed by atoms with Gasteiger partial charge in [0.25, 0.3) is 0 Å². The van der Waals surface area contributed by atoms with E-state index in [1.807, 2.05) is 25.1 Å². The quantitative estimate of drug-likeness (QED) is 0.779. The zero-order chi connectivity index (χ0) is 10.7. The van der Waals surface area contributed by atoms with Crippen molar-refractivity contribution in [3.8, 4) is 0 Å². The molecule has 15 heavy (non-hydrogen) atoms. The van der Waals surface area contributed by atoms with Gasteiger partial charge in [-0.2, -0.15) is 0 Å². The maximum absolute atomic E-state index is 9.39. The minimum Gasteiger partial charge on any atom is -0.393 e. The third-order valence-corrected chi connectivity index (χ3v) is 2.94. The van der Waals surface area contributed by atoms with Gasteiger partial charge in [0.1, 0.15) is 5.82 Å². The van der Waals surface area contributed by atoms with Crippen LogP contribution >= 0.6 is 0 Å². The summed E-state index contributed by atoms with van der Waals surface area (Å²) in [6.07, 6.45) is 3.80. The fraction of sp³-hybridized carbons (Fsp3) is 0.583. The number of nitrogens with one attached hydrogen (secondary N) is 1. The Labute approximate surface area is 90.5 Å². The summed E-state index contributed by atoms with van der Waals surface area (Å²) in [5.74, 6) is 0.955. The van der Waals surface area contributed by atoms with E-state index < -0.39 is 0 Å². The lowest BCUT2D eigenvalue weighted by molar-refractivity contribution is 0.126. The lowest BCUT2D eigenvalue weighted by Gasteiger charge is -2.26. The Hall–Kier alpha value is -1.09. The van der Waals surface area contributed by atoms with Gasteiger partial charge in [-0.25, -0.2) is 4.98 Å². The number of hydrogen-bond donors (Lipinski definition) is 2. The summed E-state index contributed by atoms with van der Waals surface area (Å²) in [5, 5.41) is 12.8. The number of rotatable bonds is 2. The average Bonchev–Trinajstić information content (AvgIpc) is 2.22. The number of aryl methyl sites for hydroxylation is 1. The molecule has 3 heteroatoms. The second-order valence-corrected chi connectivity index (χ2v) is 4.31. The summed E-state index contributed by atoms with van der Waals surface area (Å²) in [5.41, 5.74) is 1.04. The van der Waals surface area contributed by atoms with Crippen molar-refractivity contribution >= 4 is 5.82 Å². The highest BCUT2D eigenvalue weighted by molar-refractivity contribution is 5.36. The van der Waals surface area contributed by atoms with Gasteiger partial charge in [0.05, 0.1) is 6.10 Å². The van der Waals surface area contributed by atoms with Crippen LogP contribution in [0.4, 0.5) is 5.82 Å². The van der Waals surface area contributed by atoms with Gasteiger partial charge in [-0.3, -0.25) is 0 Å². The van der Waals surface area contributed by atoms with Crippen LogP contribution in [-0.4, -0.2) is 22.2 Å². The Balaban J connectivity index is 1.92. The summed E-state index contributed by atoms with van der Waals surface area (Å²) in [6, 6.07) is 6.48. The van der Waals surface area contributed by atoms with Crippen LogP contribution in [0.3, 0.4) is 0 Å². The number of aliphatic hydroxyl groups excluding tert-OH is 1. The van der Waals surface area contributed by atoms with E-state index in [0.717, 1.165) is 37.2 Å². The Morgan fingerprint density at radius 2 is 2.00 bits per heavy atom. The van der Waals surface area contributed by atoms with E-state index in [-0.39, 0.29) is 6.10 Å². The summed E-state index contributed by atoms with van der Waals surface area (Å²) < 4.78 is 0. The van der Waals surface area contributed by atoms with Crippen molar-refractivity contribution in [2.75, 3.05) is 5.32 Å². The number of aromatic nitrogens is 1. The third-order valence-electron chi connectivity index (χ3n) is 2.94. The van der Waals surface area contributed by atoms with Crippen LogP contribution in [0.1, 0.15) is 31.4 Å². The number of pyridine rings is 1. The molecule has 0 amide bonds. The molecule has 82 valence electrons. The first-order valence-electron chi connectivity index (χ1n) is 5.62. The van der Waals surface area contributed by atoms with E-state index in [4.69, 9.17) is 0 Å². The van der Waals surface area contributed by atoms with Gasteiger partial charge in [0.15, 0.2) is 0 Å². The molecule has 0 radical (unpaired) electrons. The Morgan fingerprint density at radius 1 is 1.27 bits per heavy atom. The lowest BCUT2D eigenvalue weighted by Crippen LogP contribution is -2.28. The topological polar surface area (TPSA) is 45.1 Å². The standard InChI is InChI=1S/C12H18N2O/c1-9-3-2-4-12(13-9)14-10-5-7-11(15)8-6-10/h2-4,10-11,15H,5-8H2,1H3,(H,13,14). The molecule has 2 N–H and O–H groups in total. The van der Waals surface area contributed by atoms with Gasteiger partial charge in [0.2, 0.25) is 0 Å². The number of hydrogen-bond acceptors (Lipinski definition) is 3. The molecule has 3 nitrogen and oxygen atoms in total. The predicted octanol–water partition coefficient (Wildman–Crippen LogP) is 2.11. The van der Waals surface area contributed by atoms with Crippen LogP contribution in [-0.2, 0) is 0 Å². The highest BCUT2D eigenvalue weighted by atomic mass is 16.3. The largest absolute Gasteiger partial charge is 0.393 e. The van der Waals surface area contributed by atoms with Crippen molar-refractivity contribution in [2.24, 2.45) is 0 Å². The first-order chi connectivity index (χ1) is 7.24. The van der Waals surface area contributed by atoms with E-state index in [2.05, 4.69) is 10.3 Å². The van der Waals surface area contributed by atoms with Crippen molar-refractivity contribution in [3.05, 3.63) is 23.9 Å². The number of aliphatic hydroxyl groups is 1. The van der Waals surface area contributed by atoms with Crippen LogP contribution < -0.4 is 5.32 Å². The molecule has 1 aromatic rings. The SMILES string of the molecule is Cc1cccc(NC2CCC(O)CC2)n1. The van der Waals surface area contributed by atoms with E-state index in [1.54, 1.807) is 0 Å². The molecule has 0 aliphatic heterocycles. The molecule has 1 aliphatic carbocycles. The molecule has 1 aromatic heterocycles. The molecule has 1 aliphatic rings. The lowest BCUT2D eigenvalue weighted by atomic mass is 9.93. The second kappa shape index (κ2) is 4.62. The normalized spacial score (nSPS) is 26.3. The smallest absolute Gasteiger partial charge is 0.126 e. The molecular weight excluding hydrogens is 188 g/mol. The van der Waals surface area contributed by atoms with Gasteiger partial charge in [-0.15, -0.1) is 0 Å². The Morgan fingerprint density at radius 3 is 2.67 bits per heavy atom. The Bertz CT molecular complexity index is 319. The minimum atomic E-state index is -0.0893. The van der Waals surface area contributed by atoms with E-state index >= 15 is 0 Å². The second-order valence-electron chi connectivity index (χ2n) is 4.31. The van der Waals surface area contributed by atoms with E-state index in [9.17, 15) is 5.11 Å². The number of nitrogens with zero attached hydrogens (tertiary/aromatic N) is 1. The van der Waals surface area contributed by atoms with Crippen LogP contribution in [0.25, 0.3) is 0 Å². The zero-order valence-corrected chi connectivity index (χ0v) is 9.11. The van der Waals surface area contributed by atoms with Crippen molar-refractivity contribution in [1.29, 1.82) is 0 Å². The predicted molar refractivity (Wildman–Crippen MR) is 60.9 cm³/mol. The van der Waals surface area contributed by atoms with Crippen molar-refractivity contribution in [2.45, 2.75) is 44.8 Å². The molecule has 1 saturated carbocycles. The maximum Gasteiger partial charge on any atom is 0.126 e. The number of anilines is 1. The molecule has 0 atom stereocenters. The first kappa shape index (κ1) is 10.4. The summed E-state index contributed by atoms with van der Waals surface area (Å²) in [4.78, 5) is 4.41. The monoisotopic (exact) mass is 206 g/mol. The van der Waals surface area contributed by atoms with Gasteiger partial charge < -0.3 is 10.4 Å². The van der Waals surface area contributed by atoms with Crippen LogP contribution in [0.5, 0.6) is 0 Å². The van der Waals surface area contributed by atoms with Crippen LogP contribution in [0, 0.1) is 6.92 Å². The van der Waals surface area contributed by atoms with Crippen molar-refractivity contribution in [1.82, 2.24) is 4.98 Å². The summed E-state index contributed by atoms with van der Waals surface area (Å²) in [7, 11) is 0. The average molecular weight is 206 g/mol. The molecule has 0 aromatic carbocycles. The van der Waals surface area contributed by atoms with E-state index in [0.29, 0.717) is 6.04 Å². The molecule has 1 fully saturated rings. The highest BCUT2D eigenvalue weighted by Crippen LogP contribution is 2.21. The molecule has 1 heterocycles. The molecule has 0 saturated heterocycles. The zero-order valence-electron chi connectivity index (χ0n) is 9.11. The maximum atomic E-state index is 9.39. The van der Waals surface area contributed by atoms with Crippen molar-refractivity contribution in [3.63, 3.8) is 0 Å². The van der Waals surface area contributed by atoms with Gasteiger partial charge in [-0.1, -0.05) is 6.07 Å². The minimum absolute atomic E-state index is 0.0893. The molecular formula is C12H18N2O. The molecule has 2 rings (SSSR count). The molecule has 0 unspecified atom stereocenters. The molecule has 0 spiro atoms. The molecule has 0 bridgehead atoms. The van der Waals surface area contributed by atoms with Gasteiger partial charge in [-0.05, 0) is 44.7 Å². The summed E-state index contributed by atoms with van der Waals surface area (Å²) in [6.45, 7) is 2.00. The van der Waals surface area contributed by atoms with Crippen LogP contribution in [0.2, 0.25) is 0 Å². The fourth-order valence-electron chi connectivity index (χ4n) is 2.05. The fourth-order valence-corrected chi connectivity index (χ4v) is 2.05. The highest BCUT2D eigenvalue weighted by Gasteiger charge is 2.19. The summed E-state index contributed by atoms with van der Waals surface area (Å²) >= 11 is 0. The van der Waals surface area contributed by atoms with E-state index in [1.165, 1.54) is 0 Å². The Kier molecular flexibility index (Phi) is 3.21. The first-order valence-corrected chi connectivity index (χ1v) is 5.62. The van der Waals surface area contributed by atoms with Crippen LogP contribution in [0.15, 0.2) is 18.2 Å². The van der Waals surface area contributed by atoms with Gasteiger partial charge >= 0.3 is 0 Å². The van der Waals surface area contributed by atoms with Gasteiger partial charge in [0, 0.05) is 11.7 Å².